The zero-order valence-electron chi connectivity index (χ0n) is 15.6. The normalized spacial score (nSPS) is 13.7. The van der Waals surface area contributed by atoms with Gasteiger partial charge in [0.15, 0.2) is 17.3 Å². The van der Waals surface area contributed by atoms with Gasteiger partial charge in [-0.15, -0.1) is 18.9 Å². The van der Waals surface area contributed by atoms with E-state index >= 15 is 0 Å². The first kappa shape index (κ1) is 22.6. The first-order valence-corrected chi connectivity index (χ1v) is 8.21. The molecule has 0 fully saturated rings. The standard InChI is InChI=1S/C17H17O4.C5H5.Fe/c1-19-15-11-9-13(16(20-2)17(15)21-3)14(18)10-8-12-6-4-5-7-12;1-2-4-5-3-1;/h6-11H,4H2,1-3H3;1-3H,4H2;/q2*-1;+2/b10-8+;;. The summed E-state index contributed by atoms with van der Waals surface area (Å²) in [7, 11) is 4.54. The fourth-order valence-electron chi connectivity index (χ4n) is 2.43. The smallest absolute Gasteiger partial charge is 0.493 e. The second kappa shape index (κ2) is 12.0. The van der Waals surface area contributed by atoms with Crippen LogP contribution in [0.4, 0.5) is 0 Å². The third-order valence-electron chi connectivity index (χ3n) is 3.71. The Kier molecular flexibility index (Phi) is 10.0. The van der Waals surface area contributed by atoms with Crippen molar-refractivity contribution in [3.63, 3.8) is 0 Å². The minimum absolute atomic E-state index is 0. The third kappa shape index (κ3) is 6.31. The van der Waals surface area contributed by atoms with Crippen LogP contribution >= 0.6 is 0 Å². The molecule has 4 nitrogen and oxygen atoms in total. The van der Waals surface area contributed by atoms with E-state index in [1.54, 1.807) is 18.2 Å². The third-order valence-corrected chi connectivity index (χ3v) is 3.71. The van der Waals surface area contributed by atoms with Gasteiger partial charge >= 0.3 is 17.1 Å². The molecule has 0 saturated heterocycles. The molecule has 2 aliphatic rings. The van der Waals surface area contributed by atoms with Crippen LogP contribution in [0.15, 0.2) is 60.2 Å². The Bertz CT molecular complexity index is 776. The summed E-state index contributed by atoms with van der Waals surface area (Å²) in [5.41, 5.74) is 1.40. The SMILES string of the molecule is COc1ccc(C(=O)/C=C/C2=CC[C-]=C2)c(OC)c1OC.[C-]1=CC=CC1.[Fe+2]. The number of ether oxygens (including phenoxy) is 3. The number of rotatable bonds is 6. The number of benzene rings is 1. The van der Waals surface area contributed by atoms with Crippen LogP contribution in [0.3, 0.4) is 0 Å². The van der Waals surface area contributed by atoms with Crippen LogP contribution in [0.2, 0.25) is 0 Å². The molecule has 0 unspecified atom stereocenters. The number of carbonyl (C=O) groups is 1. The number of ketones is 1. The largest absolute Gasteiger partial charge is 2.00 e. The minimum Gasteiger partial charge on any atom is -0.493 e. The number of hydrogen-bond donors (Lipinski definition) is 0. The number of allylic oxidation sites excluding steroid dienone is 10. The summed E-state index contributed by atoms with van der Waals surface area (Å²) in [6, 6.07) is 3.35. The molecule has 0 aliphatic heterocycles. The molecule has 0 radical (unpaired) electrons. The summed E-state index contributed by atoms with van der Waals surface area (Å²) < 4.78 is 15.8. The fraction of sp³-hybridized carbons (Fsp3) is 0.227. The van der Waals surface area contributed by atoms with E-state index in [2.05, 4.69) is 18.2 Å². The van der Waals surface area contributed by atoms with Crippen molar-refractivity contribution in [1.29, 1.82) is 0 Å². The second-order valence-electron chi connectivity index (χ2n) is 5.34. The quantitative estimate of drug-likeness (QED) is 0.303. The van der Waals surface area contributed by atoms with Crippen LogP contribution in [0.5, 0.6) is 17.2 Å². The van der Waals surface area contributed by atoms with Gasteiger partial charge in [0.1, 0.15) is 0 Å². The van der Waals surface area contributed by atoms with Crippen molar-refractivity contribution < 1.29 is 36.1 Å². The molecule has 0 N–H and O–H groups in total. The molecule has 0 heterocycles. The molecule has 1 aromatic carbocycles. The van der Waals surface area contributed by atoms with Crippen LogP contribution < -0.4 is 14.2 Å². The molecule has 0 spiro atoms. The maximum absolute atomic E-state index is 12.3. The zero-order chi connectivity index (χ0) is 18.8. The van der Waals surface area contributed by atoms with E-state index in [9.17, 15) is 4.79 Å². The van der Waals surface area contributed by atoms with E-state index in [0.717, 1.165) is 18.4 Å². The van der Waals surface area contributed by atoms with Crippen molar-refractivity contribution in [2.24, 2.45) is 0 Å². The van der Waals surface area contributed by atoms with Gasteiger partial charge in [0.05, 0.1) is 26.9 Å². The van der Waals surface area contributed by atoms with Gasteiger partial charge in [-0.2, -0.15) is 17.7 Å². The summed E-state index contributed by atoms with van der Waals surface area (Å²) in [6.45, 7) is 0. The van der Waals surface area contributed by atoms with Gasteiger partial charge in [0.25, 0.3) is 0 Å². The van der Waals surface area contributed by atoms with Crippen LogP contribution in [0.25, 0.3) is 0 Å². The Hall–Kier alpha value is -2.49. The van der Waals surface area contributed by atoms with Crippen molar-refractivity contribution in [3.05, 3.63) is 78.0 Å². The van der Waals surface area contributed by atoms with Gasteiger partial charge in [-0.3, -0.25) is 16.9 Å². The fourth-order valence-corrected chi connectivity index (χ4v) is 2.43. The van der Waals surface area contributed by atoms with Crippen molar-refractivity contribution in [1.82, 2.24) is 0 Å². The van der Waals surface area contributed by atoms with Gasteiger partial charge in [-0.25, -0.2) is 18.2 Å². The minimum atomic E-state index is -0.158. The Balaban J connectivity index is 0.000000526. The average molecular weight is 406 g/mol. The predicted octanol–water partition coefficient (Wildman–Crippen LogP) is 4.44. The molecular weight excluding hydrogens is 384 g/mol. The topological polar surface area (TPSA) is 44.8 Å². The number of hydrogen-bond acceptors (Lipinski definition) is 4. The summed E-state index contributed by atoms with van der Waals surface area (Å²) in [5.74, 6) is 1.14. The summed E-state index contributed by atoms with van der Waals surface area (Å²) in [5, 5.41) is 0. The van der Waals surface area contributed by atoms with Gasteiger partial charge in [-0.1, -0.05) is 0 Å². The number of methoxy groups -OCH3 is 3. The molecule has 0 atom stereocenters. The zero-order valence-corrected chi connectivity index (χ0v) is 16.7. The predicted molar refractivity (Wildman–Crippen MR) is 102 cm³/mol. The Morgan fingerprint density at radius 2 is 1.81 bits per heavy atom. The molecule has 5 heteroatoms. The molecular formula is C22H22FeO4. The van der Waals surface area contributed by atoms with Gasteiger partial charge in [-0.05, 0) is 18.2 Å². The van der Waals surface area contributed by atoms with Crippen LogP contribution in [0.1, 0.15) is 23.2 Å². The Morgan fingerprint density at radius 3 is 2.30 bits per heavy atom. The monoisotopic (exact) mass is 406 g/mol. The summed E-state index contributed by atoms with van der Waals surface area (Å²) in [6.07, 6.45) is 21.0. The van der Waals surface area contributed by atoms with Crippen molar-refractivity contribution >= 4 is 5.78 Å². The first-order chi connectivity index (χ1) is 12.7. The van der Waals surface area contributed by atoms with Crippen LogP contribution in [-0.4, -0.2) is 27.1 Å². The van der Waals surface area contributed by atoms with E-state index in [0.29, 0.717) is 22.8 Å². The maximum atomic E-state index is 12.3. The summed E-state index contributed by atoms with van der Waals surface area (Å²) in [4.78, 5) is 12.3. The van der Waals surface area contributed by atoms with Crippen molar-refractivity contribution in [2.45, 2.75) is 12.8 Å². The molecule has 142 valence electrons. The maximum Gasteiger partial charge on any atom is 2.00 e. The molecule has 0 bridgehead atoms. The van der Waals surface area contributed by atoms with Crippen molar-refractivity contribution in [3.8, 4) is 17.2 Å². The number of carbonyl (C=O) groups excluding carboxylic acids is 1. The molecule has 3 rings (SSSR count). The average Bonchev–Trinajstić information content (AvgIpc) is 3.41. The van der Waals surface area contributed by atoms with E-state index < -0.39 is 0 Å². The Labute approximate surface area is 171 Å². The van der Waals surface area contributed by atoms with E-state index in [1.165, 1.54) is 27.4 Å². The van der Waals surface area contributed by atoms with E-state index in [-0.39, 0.29) is 22.9 Å². The first-order valence-electron chi connectivity index (χ1n) is 8.21. The van der Waals surface area contributed by atoms with Crippen LogP contribution in [0, 0.1) is 12.2 Å². The molecule has 2 aliphatic carbocycles. The van der Waals surface area contributed by atoms with Gasteiger partial charge in [0, 0.05) is 0 Å². The molecule has 0 amide bonds. The molecule has 1 aromatic rings. The molecule has 0 aromatic heterocycles. The Morgan fingerprint density at radius 1 is 1.04 bits per heavy atom. The molecule has 27 heavy (non-hydrogen) atoms. The van der Waals surface area contributed by atoms with Crippen LogP contribution in [-0.2, 0) is 17.1 Å². The molecule has 0 saturated carbocycles. The summed E-state index contributed by atoms with van der Waals surface area (Å²) >= 11 is 0. The second-order valence-corrected chi connectivity index (χ2v) is 5.34. The van der Waals surface area contributed by atoms with E-state index in [1.807, 2.05) is 24.3 Å². The van der Waals surface area contributed by atoms with Gasteiger partial charge in [0.2, 0.25) is 5.75 Å². The van der Waals surface area contributed by atoms with E-state index in [4.69, 9.17) is 14.2 Å². The van der Waals surface area contributed by atoms with Gasteiger partial charge < -0.3 is 14.2 Å². The van der Waals surface area contributed by atoms with Crippen molar-refractivity contribution in [2.75, 3.05) is 21.3 Å².